The maximum atomic E-state index is 6.26. The Morgan fingerprint density at radius 3 is 2.48 bits per heavy atom. The molecule has 1 saturated carbocycles. The van der Waals surface area contributed by atoms with E-state index in [1.807, 2.05) is 0 Å². The minimum absolute atomic E-state index is 0.389. The van der Waals surface area contributed by atoms with Gasteiger partial charge in [-0.3, -0.25) is 10.2 Å². The maximum Gasteiger partial charge on any atom is 0.0629 e. The minimum Gasteiger partial charge on any atom is -0.298 e. The van der Waals surface area contributed by atoms with Gasteiger partial charge in [-0.1, -0.05) is 20.8 Å². The second kappa shape index (κ2) is 6.37. The number of nitrogens with one attached hydrogen (secondary N) is 1. The lowest BCUT2D eigenvalue weighted by molar-refractivity contribution is 0.0716. The zero-order valence-electron chi connectivity index (χ0n) is 14.1. The largest absolute Gasteiger partial charge is 0.298 e. The summed E-state index contributed by atoms with van der Waals surface area (Å²) in [7, 11) is 0. The fraction of sp³-hybridized carbons (Fsp3) is 1.00. The average Bonchev–Trinajstić information content (AvgIpc) is 2.86. The molecule has 0 bridgehead atoms. The van der Waals surface area contributed by atoms with Crippen molar-refractivity contribution in [1.82, 2.24) is 10.2 Å². The third-order valence-corrected chi connectivity index (χ3v) is 6.52. The normalized spacial score (nSPS) is 42.0. The molecule has 122 valence electrons. The van der Waals surface area contributed by atoms with Crippen LogP contribution in [-0.4, -0.2) is 35.6 Å². The van der Waals surface area contributed by atoms with Gasteiger partial charge in [0.1, 0.15) is 0 Å². The third-order valence-electron chi connectivity index (χ3n) is 6.08. The van der Waals surface area contributed by atoms with E-state index in [4.69, 9.17) is 11.6 Å². The van der Waals surface area contributed by atoms with Gasteiger partial charge in [-0.25, -0.2) is 0 Å². The van der Waals surface area contributed by atoms with E-state index < -0.39 is 0 Å². The lowest BCUT2D eigenvalue weighted by Gasteiger charge is -2.40. The van der Waals surface area contributed by atoms with E-state index in [-0.39, 0.29) is 0 Å². The molecule has 3 heteroatoms. The van der Waals surface area contributed by atoms with Crippen LogP contribution in [0.3, 0.4) is 0 Å². The number of alkyl halides is 1. The molecule has 0 spiro atoms. The average molecular weight is 313 g/mol. The molecule has 0 amide bonds. The van der Waals surface area contributed by atoms with Gasteiger partial charge in [0.25, 0.3) is 0 Å². The fourth-order valence-corrected chi connectivity index (χ4v) is 4.91. The molecule has 3 rings (SSSR count). The second-order valence-electron chi connectivity index (χ2n) is 8.78. The quantitative estimate of drug-likeness (QED) is 0.768. The number of nitrogens with zero attached hydrogens (tertiary/aromatic N) is 1. The highest BCUT2D eigenvalue weighted by atomic mass is 35.5. The van der Waals surface area contributed by atoms with Crippen LogP contribution in [0.5, 0.6) is 0 Å². The van der Waals surface area contributed by atoms with Gasteiger partial charge in [0.2, 0.25) is 0 Å². The minimum atomic E-state index is 0.389. The lowest BCUT2D eigenvalue weighted by atomic mass is 9.82. The molecular formula is C18H33ClN2. The number of piperidine rings is 1. The monoisotopic (exact) mass is 312 g/mol. The van der Waals surface area contributed by atoms with Crippen molar-refractivity contribution in [2.24, 2.45) is 17.3 Å². The summed E-state index contributed by atoms with van der Waals surface area (Å²) < 4.78 is 0. The smallest absolute Gasteiger partial charge is 0.0629 e. The second-order valence-corrected chi connectivity index (χ2v) is 9.40. The molecule has 21 heavy (non-hydrogen) atoms. The third kappa shape index (κ3) is 3.76. The predicted molar refractivity (Wildman–Crippen MR) is 90.7 cm³/mol. The van der Waals surface area contributed by atoms with Gasteiger partial charge in [0.05, 0.1) is 6.17 Å². The Morgan fingerprint density at radius 2 is 1.81 bits per heavy atom. The molecule has 3 fully saturated rings. The topological polar surface area (TPSA) is 15.3 Å². The summed E-state index contributed by atoms with van der Waals surface area (Å²) in [6.07, 6.45) is 9.98. The first-order valence-corrected chi connectivity index (χ1v) is 9.51. The van der Waals surface area contributed by atoms with Gasteiger partial charge in [-0.05, 0) is 68.7 Å². The van der Waals surface area contributed by atoms with Gasteiger partial charge >= 0.3 is 0 Å². The van der Waals surface area contributed by atoms with Gasteiger partial charge in [-0.2, -0.15) is 0 Å². The molecule has 1 aliphatic carbocycles. The summed E-state index contributed by atoms with van der Waals surface area (Å²) in [5.41, 5.74) is 0.389. The van der Waals surface area contributed by atoms with Crippen LogP contribution in [0, 0.1) is 17.3 Å². The molecule has 0 radical (unpaired) electrons. The molecule has 1 N–H and O–H groups in total. The molecule has 2 nitrogen and oxygen atoms in total. The fourth-order valence-electron chi connectivity index (χ4n) is 4.66. The molecule has 2 aliphatic heterocycles. The van der Waals surface area contributed by atoms with Crippen molar-refractivity contribution in [3.05, 3.63) is 0 Å². The maximum absolute atomic E-state index is 6.26. The van der Waals surface area contributed by atoms with Gasteiger partial charge in [-0.15, -0.1) is 11.6 Å². The number of hydrogen-bond donors (Lipinski definition) is 1. The van der Waals surface area contributed by atoms with Crippen molar-refractivity contribution in [1.29, 1.82) is 0 Å². The van der Waals surface area contributed by atoms with E-state index in [0.29, 0.717) is 23.0 Å². The van der Waals surface area contributed by atoms with Gasteiger partial charge in [0.15, 0.2) is 0 Å². The van der Waals surface area contributed by atoms with Crippen molar-refractivity contribution < 1.29 is 0 Å². The Morgan fingerprint density at radius 1 is 1.10 bits per heavy atom. The van der Waals surface area contributed by atoms with E-state index in [9.17, 15) is 0 Å². The summed E-state index contributed by atoms with van der Waals surface area (Å²) >= 11 is 6.26. The van der Waals surface area contributed by atoms with Crippen molar-refractivity contribution in [3.8, 4) is 0 Å². The number of halogens is 1. The zero-order valence-corrected chi connectivity index (χ0v) is 14.8. The molecule has 3 unspecified atom stereocenters. The molecule has 2 heterocycles. The predicted octanol–water partition coefficient (Wildman–Crippen LogP) is 4.23. The lowest BCUT2D eigenvalue weighted by Crippen LogP contribution is -2.53. The Balaban J connectivity index is 1.58. The van der Waals surface area contributed by atoms with Crippen molar-refractivity contribution in [3.63, 3.8) is 0 Å². The zero-order chi connectivity index (χ0) is 15.0. The van der Waals surface area contributed by atoms with E-state index >= 15 is 0 Å². The van der Waals surface area contributed by atoms with Gasteiger partial charge < -0.3 is 0 Å². The van der Waals surface area contributed by atoms with Crippen LogP contribution < -0.4 is 5.32 Å². The van der Waals surface area contributed by atoms with Gasteiger partial charge in [0, 0.05) is 18.0 Å². The number of fused-ring (bicyclic) bond motifs is 1. The number of likely N-dealkylation sites (tertiary alicyclic amines) is 1. The summed E-state index contributed by atoms with van der Waals surface area (Å²) in [6, 6.07) is 0.687. The van der Waals surface area contributed by atoms with E-state index in [1.165, 1.54) is 58.0 Å². The van der Waals surface area contributed by atoms with E-state index in [0.717, 1.165) is 11.8 Å². The van der Waals surface area contributed by atoms with E-state index in [2.05, 4.69) is 31.0 Å². The van der Waals surface area contributed by atoms with Crippen LogP contribution in [0.1, 0.15) is 65.7 Å². The van der Waals surface area contributed by atoms with Crippen LogP contribution in [0.15, 0.2) is 0 Å². The summed E-state index contributed by atoms with van der Waals surface area (Å²) in [4.78, 5) is 2.78. The number of rotatable bonds is 2. The Bertz CT molecular complexity index is 344. The summed E-state index contributed by atoms with van der Waals surface area (Å²) in [5.74, 6) is 1.77. The first-order chi connectivity index (χ1) is 9.93. The molecule has 3 aliphatic rings. The Kier molecular flexibility index (Phi) is 4.88. The first kappa shape index (κ1) is 16.1. The summed E-state index contributed by atoms with van der Waals surface area (Å²) in [6.45, 7) is 9.75. The molecule has 0 aromatic carbocycles. The Hall–Kier alpha value is 0.210. The molecule has 3 atom stereocenters. The standard InChI is InChI=1S/C18H33ClN2/c1-18(2,3)16-11-14-5-4-10-21(17(14)20-16)12-13-6-8-15(19)9-7-13/h13-17,20H,4-12H2,1-3H3. The summed E-state index contributed by atoms with van der Waals surface area (Å²) in [5, 5.41) is 4.43. The molecule has 2 saturated heterocycles. The van der Waals surface area contributed by atoms with Crippen molar-refractivity contribution >= 4 is 11.6 Å². The Labute approximate surface area is 136 Å². The first-order valence-electron chi connectivity index (χ1n) is 9.07. The van der Waals surface area contributed by atoms with Crippen LogP contribution in [0.25, 0.3) is 0 Å². The highest BCUT2D eigenvalue weighted by Crippen LogP contribution is 2.39. The number of hydrogen-bond acceptors (Lipinski definition) is 2. The van der Waals surface area contributed by atoms with Crippen LogP contribution in [0.4, 0.5) is 0 Å². The van der Waals surface area contributed by atoms with Crippen LogP contribution >= 0.6 is 11.6 Å². The molecule has 0 aromatic rings. The highest BCUT2D eigenvalue weighted by Gasteiger charge is 2.43. The van der Waals surface area contributed by atoms with E-state index in [1.54, 1.807) is 0 Å². The SMILES string of the molecule is CC(C)(C)C1CC2CCCN(CC3CCC(Cl)CC3)C2N1. The molecule has 0 aromatic heterocycles. The molecular weight excluding hydrogens is 280 g/mol. The van der Waals surface area contributed by atoms with Crippen molar-refractivity contribution in [2.45, 2.75) is 83.3 Å². The van der Waals surface area contributed by atoms with Crippen LogP contribution in [-0.2, 0) is 0 Å². The highest BCUT2D eigenvalue weighted by molar-refractivity contribution is 6.20. The van der Waals surface area contributed by atoms with Crippen molar-refractivity contribution in [2.75, 3.05) is 13.1 Å². The van der Waals surface area contributed by atoms with Crippen LogP contribution in [0.2, 0.25) is 0 Å².